The first-order valence-corrected chi connectivity index (χ1v) is 8.31. The summed E-state index contributed by atoms with van der Waals surface area (Å²) in [7, 11) is 0. The van der Waals surface area contributed by atoms with E-state index in [2.05, 4.69) is 5.32 Å². The summed E-state index contributed by atoms with van der Waals surface area (Å²) in [6, 6.07) is 4.89. The van der Waals surface area contributed by atoms with Crippen molar-refractivity contribution in [2.75, 3.05) is 11.9 Å². The lowest BCUT2D eigenvalue weighted by Gasteiger charge is -2.13. The van der Waals surface area contributed by atoms with Crippen LogP contribution in [0.4, 0.5) is 5.69 Å². The van der Waals surface area contributed by atoms with Gasteiger partial charge in [0.15, 0.2) is 0 Å². The molecule has 23 heavy (non-hydrogen) atoms. The summed E-state index contributed by atoms with van der Waals surface area (Å²) in [5.74, 6) is -0.308. The summed E-state index contributed by atoms with van der Waals surface area (Å²) in [6.07, 6.45) is 3.19. The Morgan fingerprint density at radius 3 is 2.43 bits per heavy atom. The predicted octanol–water partition coefficient (Wildman–Crippen LogP) is 3.64. The number of carbonyl (C=O) groups excluding carboxylic acids is 3. The third-order valence-electron chi connectivity index (χ3n) is 3.65. The maximum Gasteiger partial charge on any atom is 0.229 e. The lowest BCUT2D eigenvalue weighted by molar-refractivity contribution is -0.138. The number of unbranched alkanes of at least 4 members (excludes halogenated alkanes) is 2. The molecule has 3 amide bonds. The highest BCUT2D eigenvalue weighted by Crippen LogP contribution is 2.25. The molecule has 1 aromatic rings. The summed E-state index contributed by atoms with van der Waals surface area (Å²) in [4.78, 5) is 36.0. The molecule has 7 heteroatoms. The van der Waals surface area contributed by atoms with E-state index < -0.39 is 0 Å². The van der Waals surface area contributed by atoms with Crippen molar-refractivity contribution in [2.45, 2.75) is 38.5 Å². The molecule has 0 spiro atoms. The Kier molecular flexibility index (Phi) is 6.42. The zero-order chi connectivity index (χ0) is 16.8. The van der Waals surface area contributed by atoms with E-state index in [0.29, 0.717) is 54.4 Å². The van der Waals surface area contributed by atoms with E-state index in [0.717, 1.165) is 6.42 Å². The molecule has 0 unspecified atom stereocenters. The number of halogens is 2. The topological polar surface area (TPSA) is 66.5 Å². The van der Waals surface area contributed by atoms with Crippen LogP contribution in [-0.2, 0) is 14.4 Å². The standard InChI is InChI=1S/C16H18Cl2N2O3/c17-11-5-6-13(12(18)10-11)19-14(21)4-2-1-3-9-20-15(22)7-8-16(20)23/h5-6,10H,1-4,7-9H2,(H,19,21). The van der Waals surface area contributed by atoms with Crippen molar-refractivity contribution in [3.63, 3.8) is 0 Å². The Morgan fingerprint density at radius 1 is 1.09 bits per heavy atom. The quantitative estimate of drug-likeness (QED) is 0.598. The maximum absolute atomic E-state index is 11.9. The van der Waals surface area contributed by atoms with Gasteiger partial charge in [-0.3, -0.25) is 19.3 Å². The van der Waals surface area contributed by atoms with Gasteiger partial charge in [-0.2, -0.15) is 0 Å². The Labute approximate surface area is 144 Å². The minimum absolute atomic E-state index is 0.0925. The van der Waals surface area contributed by atoms with Crippen molar-refractivity contribution >= 4 is 46.6 Å². The number of amides is 3. The smallest absolute Gasteiger partial charge is 0.229 e. The normalized spacial score (nSPS) is 14.4. The van der Waals surface area contributed by atoms with E-state index in [-0.39, 0.29) is 17.7 Å². The van der Waals surface area contributed by atoms with Crippen LogP contribution in [0.25, 0.3) is 0 Å². The van der Waals surface area contributed by atoms with Crippen molar-refractivity contribution < 1.29 is 14.4 Å². The van der Waals surface area contributed by atoms with Gasteiger partial charge in [0.25, 0.3) is 0 Å². The number of imide groups is 1. The zero-order valence-electron chi connectivity index (χ0n) is 12.6. The van der Waals surface area contributed by atoms with E-state index in [9.17, 15) is 14.4 Å². The number of benzene rings is 1. The fraction of sp³-hybridized carbons (Fsp3) is 0.438. The summed E-state index contributed by atoms with van der Waals surface area (Å²) >= 11 is 11.8. The van der Waals surface area contributed by atoms with Gasteiger partial charge >= 0.3 is 0 Å². The molecule has 0 radical (unpaired) electrons. The second kappa shape index (κ2) is 8.31. The second-order valence-corrected chi connectivity index (χ2v) is 6.27. The molecular weight excluding hydrogens is 339 g/mol. The monoisotopic (exact) mass is 356 g/mol. The van der Waals surface area contributed by atoms with E-state index in [1.54, 1.807) is 18.2 Å². The van der Waals surface area contributed by atoms with Crippen LogP contribution >= 0.6 is 23.2 Å². The highest BCUT2D eigenvalue weighted by atomic mass is 35.5. The minimum Gasteiger partial charge on any atom is -0.325 e. The van der Waals surface area contributed by atoms with Gasteiger partial charge in [0, 0.05) is 30.8 Å². The van der Waals surface area contributed by atoms with Crippen LogP contribution in [0.3, 0.4) is 0 Å². The third-order valence-corrected chi connectivity index (χ3v) is 4.19. The first kappa shape index (κ1) is 17.8. The molecule has 0 bridgehead atoms. The van der Waals surface area contributed by atoms with Crippen molar-refractivity contribution in [1.82, 2.24) is 4.90 Å². The number of rotatable bonds is 7. The van der Waals surface area contributed by atoms with Crippen LogP contribution in [-0.4, -0.2) is 29.2 Å². The highest BCUT2D eigenvalue weighted by molar-refractivity contribution is 6.36. The molecule has 0 aliphatic carbocycles. The Balaban J connectivity index is 1.65. The molecular formula is C16H18Cl2N2O3. The van der Waals surface area contributed by atoms with E-state index in [4.69, 9.17) is 23.2 Å². The molecule has 0 saturated carbocycles. The van der Waals surface area contributed by atoms with Gasteiger partial charge in [-0.15, -0.1) is 0 Å². The molecule has 1 N–H and O–H groups in total. The van der Waals surface area contributed by atoms with Gasteiger partial charge in [0.2, 0.25) is 17.7 Å². The second-order valence-electron chi connectivity index (χ2n) is 5.42. The third kappa shape index (κ3) is 5.22. The van der Waals surface area contributed by atoms with Gasteiger partial charge in [-0.1, -0.05) is 29.6 Å². The van der Waals surface area contributed by atoms with Crippen LogP contribution in [0.1, 0.15) is 38.5 Å². The van der Waals surface area contributed by atoms with Gasteiger partial charge < -0.3 is 5.32 Å². The van der Waals surface area contributed by atoms with Crippen LogP contribution < -0.4 is 5.32 Å². The van der Waals surface area contributed by atoms with Crippen LogP contribution in [0, 0.1) is 0 Å². The Hall–Kier alpha value is -1.59. The number of hydrogen-bond donors (Lipinski definition) is 1. The van der Waals surface area contributed by atoms with Gasteiger partial charge in [-0.05, 0) is 31.0 Å². The van der Waals surface area contributed by atoms with Crippen molar-refractivity contribution in [3.05, 3.63) is 28.2 Å². The largest absolute Gasteiger partial charge is 0.325 e. The number of nitrogens with one attached hydrogen (secondary N) is 1. The maximum atomic E-state index is 11.9. The average Bonchev–Trinajstić information content (AvgIpc) is 2.81. The number of likely N-dealkylation sites (tertiary alicyclic amines) is 1. The van der Waals surface area contributed by atoms with Crippen molar-refractivity contribution in [3.8, 4) is 0 Å². The molecule has 0 atom stereocenters. The minimum atomic E-state index is -0.123. The zero-order valence-corrected chi connectivity index (χ0v) is 14.1. The van der Waals surface area contributed by atoms with E-state index >= 15 is 0 Å². The summed E-state index contributed by atoms with van der Waals surface area (Å²) in [5.41, 5.74) is 0.536. The van der Waals surface area contributed by atoms with Gasteiger partial charge in [0.1, 0.15) is 0 Å². The van der Waals surface area contributed by atoms with Gasteiger partial charge in [-0.25, -0.2) is 0 Å². The molecule has 1 aliphatic heterocycles. The summed E-state index contributed by atoms with van der Waals surface area (Å²) < 4.78 is 0. The molecule has 0 aromatic heterocycles. The van der Waals surface area contributed by atoms with Gasteiger partial charge in [0.05, 0.1) is 10.7 Å². The molecule has 1 saturated heterocycles. The van der Waals surface area contributed by atoms with E-state index in [1.165, 1.54) is 4.90 Å². The molecule has 1 heterocycles. The van der Waals surface area contributed by atoms with Crippen LogP contribution in [0.2, 0.25) is 10.0 Å². The molecule has 5 nitrogen and oxygen atoms in total. The Morgan fingerprint density at radius 2 is 1.78 bits per heavy atom. The summed E-state index contributed by atoms with van der Waals surface area (Å²) in [5, 5.41) is 3.65. The Bertz CT molecular complexity index is 603. The number of carbonyl (C=O) groups is 3. The number of hydrogen-bond acceptors (Lipinski definition) is 3. The molecule has 2 rings (SSSR count). The predicted molar refractivity (Wildman–Crippen MR) is 89.5 cm³/mol. The molecule has 1 aliphatic rings. The highest BCUT2D eigenvalue weighted by Gasteiger charge is 2.27. The number of nitrogens with zero attached hydrogens (tertiary/aromatic N) is 1. The molecule has 124 valence electrons. The summed E-state index contributed by atoms with van der Waals surface area (Å²) in [6.45, 7) is 0.447. The SMILES string of the molecule is O=C(CCCCCN1C(=O)CCC1=O)Nc1ccc(Cl)cc1Cl. The van der Waals surface area contributed by atoms with Crippen molar-refractivity contribution in [2.24, 2.45) is 0 Å². The lowest BCUT2D eigenvalue weighted by atomic mass is 10.1. The fourth-order valence-corrected chi connectivity index (χ4v) is 2.86. The molecule has 1 fully saturated rings. The van der Waals surface area contributed by atoms with E-state index in [1.807, 2.05) is 0 Å². The fourth-order valence-electron chi connectivity index (χ4n) is 2.41. The number of anilines is 1. The average molecular weight is 357 g/mol. The van der Waals surface area contributed by atoms with Crippen molar-refractivity contribution in [1.29, 1.82) is 0 Å². The van der Waals surface area contributed by atoms with Crippen LogP contribution in [0.15, 0.2) is 18.2 Å². The first-order chi connectivity index (χ1) is 11.0. The van der Waals surface area contributed by atoms with Crippen LogP contribution in [0.5, 0.6) is 0 Å². The first-order valence-electron chi connectivity index (χ1n) is 7.55. The molecule has 1 aromatic carbocycles. The lowest BCUT2D eigenvalue weighted by Crippen LogP contribution is -2.29.